The number of hydrogen-bond donors (Lipinski definition) is 1. The summed E-state index contributed by atoms with van der Waals surface area (Å²) in [6.45, 7) is 7.33. The molecule has 0 aliphatic heterocycles. The van der Waals surface area contributed by atoms with Gasteiger partial charge in [-0.15, -0.1) is 0 Å². The summed E-state index contributed by atoms with van der Waals surface area (Å²) in [6, 6.07) is 0. The Kier molecular flexibility index (Phi) is 6.58. The Labute approximate surface area is 117 Å². The molecule has 1 fully saturated rings. The summed E-state index contributed by atoms with van der Waals surface area (Å²) < 4.78 is 11.0. The second kappa shape index (κ2) is 7.70. The van der Waals surface area contributed by atoms with Crippen molar-refractivity contribution >= 4 is 5.96 Å². The number of methoxy groups -OCH3 is 1. The van der Waals surface area contributed by atoms with Crippen molar-refractivity contribution in [3.05, 3.63) is 0 Å². The van der Waals surface area contributed by atoms with Crippen LogP contribution in [-0.4, -0.2) is 64.0 Å². The van der Waals surface area contributed by atoms with Crippen molar-refractivity contribution in [2.24, 2.45) is 10.9 Å². The zero-order valence-electron chi connectivity index (χ0n) is 13.0. The van der Waals surface area contributed by atoms with E-state index in [2.05, 4.69) is 15.2 Å². The van der Waals surface area contributed by atoms with Gasteiger partial charge in [0, 0.05) is 40.9 Å². The molecule has 0 aromatic heterocycles. The second-order valence-electron chi connectivity index (χ2n) is 5.80. The Hall–Kier alpha value is -0.810. The summed E-state index contributed by atoms with van der Waals surface area (Å²) in [4.78, 5) is 6.35. The van der Waals surface area contributed by atoms with E-state index in [-0.39, 0.29) is 5.60 Å². The molecule has 112 valence electrons. The van der Waals surface area contributed by atoms with Crippen molar-refractivity contribution < 1.29 is 9.47 Å². The van der Waals surface area contributed by atoms with E-state index >= 15 is 0 Å². The predicted octanol–water partition coefficient (Wildman–Crippen LogP) is 1.35. The molecule has 0 spiro atoms. The first-order valence-corrected chi connectivity index (χ1v) is 7.03. The van der Waals surface area contributed by atoms with Gasteiger partial charge in [0.05, 0.1) is 12.2 Å². The maximum absolute atomic E-state index is 5.64. The summed E-state index contributed by atoms with van der Waals surface area (Å²) in [6.07, 6.45) is 2.68. The predicted molar refractivity (Wildman–Crippen MR) is 78.6 cm³/mol. The van der Waals surface area contributed by atoms with Crippen LogP contribution in [-0.2, 0) is 9.47 Å². The largest absolute Gasteiger partial charge is 0.379 e. The van der Waals surface area contributed by atoms with Crippen LogP contribution in [0.3, 0.4) is 0 Å². The van der Waals surface area contributed by atoms with E-state index in [1.807, 2.05) is 20.9 Å². The molecule has 1 N–H and O–H groups in total. The lowest BCUT2D eigenvalue weighted by molar-refractivity contribution is 0.0263. The third-order valence-corrected chi connectivity index (χ3v) is 3.42. The monoisotopic (exact) mass is 271 g/mol. The number of rotatable bonds is 8. The Morgan fingerprint density at radius 3 is 2.63 bits per heavy atom. The highest BCUT2D eigenvalue weighted by Gasteiger charge is 2.21. The molecule has 1 rings (SSSR count). The maximum atomic E-state index is 5.64. The summed E-state index contributed by atoms with van der Waals surface area (Å²) in [5.74, 6) is 1.70. The van der Waals surface area contributed by atoms with Crippen LogP contribution in [0, 0.1) is 5.92 Å². The van der Waals surface area contributed by atoms with Gasteiger partial charge in [-0.1, -0.05) is 0 Å². The summed E-state index contributed by atoms with van der Waals surface area (Å²) >= 11 is 0. The average molecular weight is 271 g/mol. The molecule has 0 aromatic rings. The fraction of sp³-hybridized carbons (Fsp3) is 0.929. The molecule has 0 atom stereocenters. The van der Waals surface area contributed by atoms with Gasteiger partial charge in [0.15, 0.2) is 5.96 Å². The quantitative estimate of drug-likeness (QED) is 0.411. The topological polar surface area (TPSA) is 46.1 Å². The highest BCUT2D eigenvalue weighted by molar-refractivity contribution is 5.79. The Bertz CT molecular complexity index is 288. The Morgan fingerprint density at radius 1 is 1.42 bits per heavy atom. The molecule has 0 bridgehead atoms. The lowest BCUT2D eigenvalue weighted by Gasteiger charge is -2.27. The minimum absolute atomic E-state index is 0.195. The second-order valence-corrected chi connectivity index (χ2v) is 5.80. The fourth-order valence-electron chi connectivity index (χ4n) is 1.59. The van der Waals surface area contributed by atoms with Gasteiger partial charge in [-0.05, 0) is 32.6 Å². The number of ether oxygens (including phenoxy) is 2. The molecular formula is C14H29N3O2. The summed E-state index contributed by atoms with van der Waals surface area (Å²) in [7, 11) is 5.54. The molecule has 5 nitrogen and oxygen atoms in total. The van der Waals surface area contributed by atoms with Gasteiger partial charge >= 0.3 is 0 Å². The first-order valence-electron chi connectivity index (χ1n) is 7.03. The van der Waals surface area contributed by atoms with Crippen molar-refractivity contribution in [3.8, 4) is 0 Å². The van der Waals surface area contributed by atoms with Gasteiger partial charge in [0.2, 0.25) is 0 Å². The van der Waals surface area contributed by atoms with Crippen molar-refractivity contribution in [3.63, 3.8) is 0 Å². The molecule has 1 saturated carbocycles. The molecule has 0 aromatic carbocycles. The van der Waals surface area contributed by atoms with Crippen molar-refractivity contribution in [2.45, 2.75) is 32.3 Å². The van der Waals surface area contributed by atoms with Crippen LogP contribution < -0.4 is 5.32 Å². The van der Waals surface area contributed by atoms with Crippen molar-refractivity contribution in [1.29, 1.82) is 0 Å². The minimum atomic E-state index is -0.195. The van der Waals surface area contributed by atoms with E-state index < -0.39 is 0 Å². The Balaban J connectivity index is 2.20. The van der Waals surface area contributed by atoms with E-state index in [1.165, 1.54) is 12.8 Å². The number of aliphatic imine (C=N–C) groups is 1. The third-order valence-electron chi connectivity index (χ3n) is 3.42. The van der Waals surface area contributed by atoms with Crippen LogP contribution in [0.1, 0.15) is 26.7 Å². The van der Waals surface area contributed by atoms with E-state index in [4.69, 9.17) is 9.47 Å². The first kappa shape index (κ1) is 16.2. The summed E-state index contributed by atoms with van der Waals surface area (Å²) in [5, 5.41) is 3.32. The van der Waals surface area contributed by atoms with Crippen LogP contribution in [0.4, 0.5) is 0 Å². The lowest BCUT2D eigenvalue weighted by Crippen LogP contribution is -2.46. The van der Waals surface area contributed by atoms with E-state index in [0.717, 1.165) is 38.2 Å². The number of nitrogens with zero attached hydrogens (tertiary/aromatic N) is 2. The van der Waals surface area contributed by atoms with Crippen molar-refractivity contribution in [1.82, 2.24) is 10.2 Å². The van der Waals surface area contributed by atoms with Crippen LogP contribution in [0.25, 0.3) is 0 Å². The lowest BCUT2D eigenvalue weighted by atomic mass is 10.1. The molecule has 0 saturated heterocycles. The van der Waals surface area contributed by atoms with Gasteiger partial charge in [-0.2, -0.15) is 0 Å². The van der Waals surface area contributed by atoms with E-state index in [1.54, 1.807) is 14.2 Å². The van der Waals surface area contributed by atoms with Crippen LogP contribution in [0.5, 0.6) is 0 Å². The smallest absolute Gasteiger partial charge is 0.193 e. The van der Waals surface area contributed by atoms with Crippen LogP contribution in [0.15, 0.2) is 4.99 Å². The normalized spacial score (nSPS) is 16.6. The molecule has 1 aliphatic carbocycles. The zero-order valence-corrected chi connectivity index (χ0v) is 13.0. The van der Waals surface area contributed by atoms with Crippen molar-refractivity contribution in [2.75, 3.05) is 47.5 Å². The van der Waals surface area contributed by atoms with Gasteiger partial charge in [-0.3, -0.25) is 4.99 Å². The SMILES string of the molecule is CN=C(NCC(C)(C)OC)N(C)CCOCC1CC1. The standard InChI is InChI=1S/C14H29N3O2/c1-14(2,18-5)11-16-13(15-3)17(4)8-9-19-10-12-6-7-12/h12H,6-11H2,1-5H3,(H,15,16). The highest BCUT2D eigenvalue weighted by atomic mass is 16.5. The average Bonchev–Trinajstić information content (AvgIpc) is 3.19. The molecule has 0 radical (unpaired) electrons. The zero-order chi connectivity index (χ0) is 14.3. The number of nitrogens with one attached hydrogen (secondary N) is 1. The van der Waals surface area contributed by atoms with Gasteiger partial charge in [-0.25, -0.2) is 0 Å². The molecule has 5 heteroatoms. The first-order chi connectivity index (χ1) is 8.98. The molecule has 1 aliphatic rings. The van der Waals surface area contributed by atoms with Gasteiger partial charge in [0.1, 0.15) is 0 Å². The molecular weight excluding hydrogens is 242 g/mol. The van der Waals surface area contributed by atoms with E-state index in [0.29, 0.717) is 0 Å². The molecule has 0 amide bonds. The van der Waals surface area contributed by atoms with E-state index in [9.17, 15) is 0 Å². The molecule has 0 heterocycles. The number of likely N-dealkylation sites (N-methyl/N-ethyl adjacent to an activating group) is 1. The molecule has 19 heavy (non-hydrogen) atoms. The number of guanidine groups is 1. The third kappa shape index (κ3) is 6.78. The maximum Gasteiger partial charge on any atom is 0.193 e. The summed E-state index contributed by atoms with van der Waals surface area (Å²) in [5.41, 5.74) is -0.195. The van der Waals surface area contributed by atoms with Crippen LogP contribution >= 0.6 is 0 Å². The van der Waals surface area contributed by atoms with Crippen LogP contribution in [0.2, 0.25) is 0 Å². The minimum Gasteiger partial charge on any atom is -0.379 e. The fourth-order valence-corrected chi connectivity index (χ4v) is 1.59. The van der Waals surface area contributed by atoms with Gasteiger partial charge in [0.25, 0.3) is 0 Å². The van der Waals surface area contributed by atoms with Gasteiger partial charge < -0.3 is 19.7 Å². The number of hydrogen-bond acceptors (Lipinski definition) is 3. The Morgan fingerprint density at radius 2 is 2.11 bits per heavy atom. The highest BCUT2D eigenvalue weighted by Crippen LogP contribution is 2.28. The molecule has 0 unspecified atom stereocenters.